The molecule has 6 heteroatoms. The van der Waals surface area contributed by atoms with Crippen LogP contribution in [0.1, 0.15) is 20.8 Å². The monoisotopic (exact) mass is 284 g/mol. The standard InChI is InChI=1S/C14H24N2O4/c1-14(2,3)20-13(18)16-8-9-19-12(10-16)11(17)6-7-15(4)5/h6-7,12H,8-10H2,1-5H3/b7-6+. The third-order valence-electron chi connectivity index (χ3n) is 2.57. The van der Waals surface area contributed by atoms with Crippen molar-refractivity contribution in [3.05, 3.63) is 12.3 Å². The van der Waals surface area contributed by atoms with Gasteiger partial charge in [0.15, 0.2) is 5.78 Å². The molecule has 0 aromatic rings. The smallest absolute Gasteiger partial charge is 0.410 e. The molecule has 1 atom stereocenters. The number of amides is 1. The summed E-state index contributed by atoms with van der Waals surface area (Å²) >= 11 is 0. The largest absolute Gasteiger partial charge is 0.444 e. The lowest BCUT2D eigenvalue weighted by Crippen LogP contribution is -2.49. The molecular formula is C14H24N2O4. The van der Waals surface area contributed by atoms with Crippen molar-refractivity contribution < 1.29 is 19.1 Å². The van der Waals surface area contributed by atoms with E-state index in [1.807, 2.05) is 34.9 Å². The molecule has 1 saturated heterocycles. The molecule has 0 aliphatic carbocycles. The zero-order chi connectivity index (χ0) is 15.3. The van der Waals surface area contributed by atoms with Crippen LogP contribution in [0.25, 0.3) is 0 Å². The van der Waals surface area contributed by atoms with E-state index in [-0.39, 0.29) is 12.3 Å². The molecule has 0 aromatic carbocycles. The minimum absolute atomic E-state index is 0.146. The molecular weight excluding hydrogens is 260 g/mol. The Hall–Kier alpha value is -1.56. The Morgan fingerprint density at radius 1 is 1.35 bits per heavy atom. The highest BCUT2D eigenvalue weighted by molar-refractivity contribution is 5.94. The van der Waals surface area contributed by atoms with Gasteiger partial charge in [-0.05, 0) is 26.8 Å². The second-order valence-electron chi connectivity index (χ2n) is 5.97. The van der Waals surface area contributed by atoms with Crippen LogP contribution in [0.3, 0.4) is 0 Å². The fraction of sp³-hybridized carbons (Fsp3) is 0.714. The number of hydrogen-bond donors (Lipinski definition) is 0. The number of ketones is 1. The highest BCUT2D eigenvalue weighted by Gasteiger charge is 2.30. The molecule has 1 aliphatic rings. The number of nitrogens with zero attached hydrogens (tertiary/aromatic N) is 2. The first kappa shape index (κ1) is 16.5. The van der Waals surface area contributed by atoms with Crippen molar-refractivity contribution in [1.29, 1.82) is 0 Å². The summed E-state index contributed by atoms with van der Waals surface area (Å²) < 4.78 is 10.7. The highest BCUT2D eigenvalue weighted by atomic mass is 16.6. The van der Waals surface area contributed by atoms with Crippen LogP contribution in [0.5, 0.6) is 0 Å². The number of carbonyl (C=O) groups is 2. The highest BCUT2D eigenvalue weighted by Crippen LogP contribution is 2.13. The van der Waals surface area contributed by atoms with E-state index in [2.05, 4.69) is 0 Å². The quantitative estimate of drug-likeness (QED) is 0.730. The maximum atomic E-state index is 12.0. The van der Waals surface area contributed by atoms with E-state index in [9.17, 15) is 9.59 Å². The van der Waals surface area contributed by atoms with Crippen molar-refractivity contribution in [3.8, 4) is 0 Å². The Morgan fingerprint density at radius 2 is 2.00 bits per heavy atom. The minimum atomic E-state index is -0.618. The molecule has 0 saturated carbocycles. The van der Waals surface area contributed by atoms with Crippen LogP contribution in [0.2, 0.25) is 0 Å². The molecule has 1 aliphatic heterocycles. The molecule has 20 heavy (non-hydrogen) atoms. The van der Waals surface area contributed by atoms with Crippen LogP contribution in [-0.4, -0.2) is 67.2 Å². The van der Waals surface area contributed by atoms with E-state index in [1.54, 1.807) is 11.1 Å². The molecule has 1 unspecified atom stereocenters. The molecule has 6 nitrogen and oxygen atoms in total. The van der Waals surface area contributed by atoms with Crippen molar-refractivity contribution in [3.63, 3.8) is 0 Å². The number of rotatable bonds is 3. The normalized spacial score (nSPS) is 20.1. The first-order valence-electron chi connectivity index (χ1n) is 6.67. The first-order valence-corrected chi connectivity index (χ1v) is 6.67. The zero-order valence-electron chi connectivity index (χ0n) is 12.9. The third kappa shape index (κ3) is 5.61. The van der Waals surface area contributed by atoms with Gasteiger partial charge >= 0.3 is 6.09 Å². The predicted octanol–water partition coefficient (Wildman–Crippen LogP) is 1.27. The summed E-state index contributed by atoms with van der Waals surface area (Å²) in [5, 5.41) is 0. The molecule has 1 amide bonds. The van der Waals surface area contributed by atoms with E-state index in [1.165, 1.54) is 11.0 Å². The van der Waals surface area contributed by atoms with Crippen LogP contribution in [-0.2, 0) is 14.3 Å². The van der Waals surface area contributed by atoms with E-state index < -0.39 is 17.8 Å². The Balaban J connectivity index is 2.58. The van der Waals surface area contributed by atoms with Crippen molar-refractivity contribution in [2.45, 2.75) is 32.5 Å². The van der Waals surface area contributed by atoms with E-state index >= 15 is 0 Å². The summed E-state index contributed by atoms with van der Waals surface area (Å²) in [4.78, 5) is 27.2. The lowest BCUT2D eigenvalue weighted by atomic mass is 10.2. The first-order chi connectivity index (χ1) is 9.19. The van der Waals surface area contributed by atoms with Gasteiger partial charge in [-0.15, -0.1) is 0 Å². The van der Waals surface area contributed by atoms with Crippen LogP contribution in [0.4, 0.5) is 4.79 Å². The topological polar surface area (TPSA) is 59.1 Å². The number of carbonyl (C=O) groups excluding carboxylic acids is 2. The van der Waals surface area contributed by atoms with Crippen molar-refractivity contribution in [1.82, 2.24) is 9.80 Å². The number of morpholine rings is 1. The van der Waals surface area contributed by atoms with Gasteiger partial charge < -0.3 is 19.3 Å². The van der Waals surface area contributed by atoms with Crippen LogP contribution in [0, 0.1) is 0 Å². The molecule has 0 radical (unpaired) electrons. The van der Waals surface area contributed by atoms with Crippen LogP contribution in [0.15, 0.2) is 12.3 Å². The van der Waals surface area contributed by atoms with E-state index in [4.69, 9.17) is 9.47 Å². The Bertz CT molecular complexity index is 385. The lowest BCUT2D eigenvalue weighted by molar-refractivity contribution is -0.130. The second-order valence-corrected chi connectivity index (χ2v) is 5.97. The molecule has 1 rings (SSSR count). The Morgan fingerprint density at radius 3 is 2.55 bits per heavy atom. The SMILES string of the molecule is CN(C)/C=C/C(=O)C1CN(C(=O)OC(C)(C)C)CCO1. The van der Waals surface area contributed by atoms with Gasteiger partial charge in [0.2, 0.25) is 0 Å². The van der Waals surface area contributed by atoms with Gasteiger partial charge in [0.25, 0.3) is 0 Å². The van der Waals surface area contributed by atoms with E-state index in [0.717, 1.165) is 0 Å². The van der Waals surface area contributed by atoms with Gasteiger partial charge in [0.05, 0.1) is 13.2 Å². The van der Waals surface area contributed by atoms with Gasteiger partial charge in [-0.2, -0.15) is 0 Å². The molecule has 114 valence electrons. The van der Waals surface area contributed by atoms with Gasteiger partial charge in [0.1, 0.15) is 11.7 Å². The molecule has 1 heterocycles. The summed E-state index contributed by atoms with van der Waals surface area (Å²) in [5.41, 5.74) is -0.542. The van der Waals surface area contributed by atoms with E-state index in [0.29, 0.717) is 13.2 Å². The lowest BCUT2D eigenvalue weighted by Gasteiger charge is -2.33. The summed E-state index contributed by atoms with van der Waals surface area (Å²) in [6, 6.07) is 0. The maximum absolute atomic E-state index is 12.0. The minimum Gasteiger partial charge on any atom is -0.444 e. The van der Waals surface area contributed by atoms with Gasteiger partial charge in [-0.1, -0.05) is 0 Å². The van der Waals surface area contributed by atoms with Crippen LogP contribution < -0.4 is 0 Å². The summed E-state index contributed by atoms with van der Waals surface area (Å²) in [7, 11) is 3.66. The van der Waals surface area contributed by atoms with Crippen molar-refractivity contribution >= 4 is 11.9 Å². The van der Waals surface area contributed by atoms with Gasteiger partial charge in [0, 0.05) is 26.8 Å². The Labute approximate surface area is 120 Å². The third-order valence-corrected chi connectivity index (χ3v) is 2.57. The van der Waals surface area contributed by atoms with Crippen LogP contribution >= 0.6 is 0 Å². The molecule has 0 N–H and O–H groups in total. The Kier molecular flexibility index (Phi) is 5.56. The molecule has 1 fully saturated rings. The van der Waals surface area contributed by atoms with Gasteiger partial charge in [-0.25, -0.2) is 4.79 Å². The fourth-order valence-electron chi connectivity index (χ4n) is 1.64. The average Bonchev–Trinajstić information content (AvgIpc) is 2.34. The maximum Gasteiger partial charge on any atom is 0.410 e. The average molecular weight is 284 g/mol. The molecule has 0 bridgehead atoms. The zero-order valence-corrected chi connectivity index (χ0v) is 12.9. The summed E-state index contributed by atoms with van der Waals surface area (Å²) in [6.45, 7) is 6.45. The summed E-state index contributed by atoms with van der Waals surface area (Å²) in [5.74, 6) is -0.146. The fourth-order valence-corrected chi connectivity index (χ4v) is 1.64. The van der Waals surface area contributed by atoms with Crippen molar-refractivity contribution in [2.24, 2.45) is 0 Å². The predicted molar refractivity (Wildman–Crippen MR) is 75.4 cm³/mol. The second kappa shape index (κ2) is 6.74. The van der Waals surface area contributed by atoms with Crippen molar-refractivity contribution in [2.75, 3.05) is 33.8 Å². The van der Waals surface area contributed by atoms with Gasteiger partial charge in [-0.3, -0.25) is 4.79 Å². The number of hydrogen-bond acceptors (Lipinski definition) is 5. The molecule has 0 aromatic heterocycles. The molecule has 0 spiro atoms. The number of ether oxygens (including phenoxy) is 2. The summed E-state index contributed by atoms with van der Waals surface area (Å²) in [6.07, 6.45) is 2.10.